The molecule has 9 heteroatoms. The Hall–Kier alpha value is -2.91. The van der Waals surface area contributed by atoms with Crippen LogP contribution in [0, 0.1) is 0 Å². The van der Waals surface area contributed by atoms with Crippen LogP contribution >= 0.6 is 11.5 Å². The minimum absolute atomic E-state index is 0.256. The molecule has 0 amide bonds. The molecule has 1 aliphatic rings. The second-order valence-corrected chi connectivity index (χ2v) is 7.57. The van der Waals surface area contributed by atoms with Crippen LogP contribution in [0.4, 0.5) is 5.13 Å². The molecular weight excluding hydrogens is 388 g/mol. The fourth-order valence-corrected chi connectivity index (χ4v) is 3.70. The predicted molar refractivity (Wildman–Crippen MR) is 112 cm³/mol. The number of hydrogen-bond donors (Lipinski definition) is 1. The number of hydrogen-bond acceptors (Lipinski definition) is 8. The van der Waals surface area contributed by atoms with Gasteiger partial charge in [0.05, 0.1) is 0 Å². The first kappa shape index (κ1) is 19.4. The minimum Gasteiger partial charge on any atom is -0.462 e. The molecule has 1 atom stereocenters. The molecule has 29 heavy (non-hydrogen) atoms. The maximum atomic E-state index is 5.53. The van der Waals surface area contributed by atoms with E-state index in [1.54, 1.807) is 18.8 Å². The number of benzene rings is 1. The van der Waals surface area contributed by atoms with Gasteiger partial charge in [0.15, 0.2) is 0 Å². The van der Waals surface area contributed by atoms with Crippen molar-refractivity contribution < 1.29 is 9.47 Å². The summed E-state index contributed by atoms with van der Waals surface area (Å²) in [5.41, 5.74) is 1.26. The van der Waals surface area contributed by atoms with Gasteiger partial charge in [-0.25, -0.2) is 4.98 Å². The molecule has 0 bridgehead atoms. The van der Waals surface area contributed by atoms with Gasteiger partial charge in [-0.1, -0.05) is 30.3 Å². The summed E-state index contributed by atoms with van der Waals surface area (Å²) < 4.78 is 17.0. The Balaban J connectivity index is 1.34. The number of nitrogens with one attached hydrogen (secondary N) is 1. The summed E-state index contributed by atoms with van der Waals surface area (Å²) in [6, 6.07) is 10.7. The molecule has 4 rings (SSSR count). The maximum absolute atomic E-state index is 5.53. The Morgan fingerprint density at radius 2 is 2.21 bits per heavy atom. The zero-order valence-corrected chi connectivity index (χ0v) is 17.1. The van der Waals surface area contributed by atoms with E-state index < -0.39 is 0 Å². The van der Waals surface area contributed by atoms with Gasteiger partial charge in [-0.15, -0.1) is 0 Å². The Morgan fingerprint density at radius 3 is 2.97 bits per heavy atom. The summed E-state index contributed by atoms with van der Waals surface area (Å²) in [7, 11) is 2.04. The average Bonchev–Trinajstić information content (AvgIpc) is 3.52. The van der Waals surface area contributed by atoms with Crippen molar-refractivity contribution in [2.75, 3.05) is 25.3 Å². The quantitative estimate of drug-likeness (QED) is 0.549. The van der Waals surface area contributed by atoms with Gasteiger partial charge >= 0.3 is 0 Å². The molecule has 0 saturated carbocycles. The average molecular weight is 413 g/mol. The third-order valence-electron chi connectivity index (χ3n) is 4.69. The molecule has 3 heterocycles. The lowest BCUT2D eigenvalue weighted by molar-refractivity contribution is 0.0762. The maximum Gasteiger partial charge on any atom is 0.248 e. The van der Waals surface area contributed by atoms with Crippen LogP contribution in [0.15, 0.2) is 61.1 Å². The normalized spacial score (nSPS) is 14.2. The highest BCUT2D eigenvalue weighted by Crippen LogP contribution is 2.20. The van der Waals surface area contributed by atoms with Gasteiger partial charge in [0, 0.05) is 56.5 Å². The molecule has 8 nitrogen and oxygen atoms in total. The van der Waals surface area contributed by atoms with Crippen molar-refractivity contribution in [2.45, 2.75) is 25.4 Å². The van der Waals surface area contributed by atoms with Crippen LogP contribution in [0.1, 0.15) is 18.4 Å². The zero-order valence-electron chi connectivity index (χ0n) is 16.3. The fourth-order valence-electron chi connectivity index (χ4n) is 3.05. The molecular formula is C20H24N6O2S. The summed E-state index contributed by atoms with van der Waals surface area (Å²) in [4.78, 5) is 10.8. The van der Waals surface area contributed by atoms with Crippen LogP contribution in [0.25, 0.3) is 5.95 Å². The van der Waals surface area contributed by atoms with E-state index in [0.717, 1.165) is 36.8 Å². The standard InChI is InChI=1S/C20H24N6O2S/c1-25(20-23-19(24-29-20)26-10-8-21-14-26)9-7-17(11-18-13-27-15-28-18)22-12-16-5-3-2-4-6-16/h2-6,8,10,13-14,17,22H,7,9,11-12,15H2,1H3. The van der Waals surface area contributed by atoms with Crippen molar-refractivity contribution in [2.24, 2.45) is 0 Å². The minimum atomic E-state index is 0.256. The molecule has 1 N–H and O–H groups in total. The van der Waals surface area contributed by atoms with Crippen molar-refractivity contribution >= 4 is 16.7 Å². The summed E-state index contributed by atoms with van der Waals surface area (Å²) in [5.74, 6) is 1.53. The van der Waals surface area contributed by atoms with E-state index in [1.165, 1.54) is 17.1 Å². The molecule has 0 radical (unpaired) electrons. The SMILES string of the molecule is CN(CCC(CC1=COCO1)NCc1ccccc1)c1nc(-n2ccnc2)ns1. The van der Waals surface area contributed by atoms with Crippen LogP contribution in [0.2, 0.25) is 0 Å². The monoisotopic (exact) mass is 412 g/mol. The highest BCUT2D eigenvalue weighted by Gasteiger charge is 2.17. The number of rotatable bonds is 10. The Morgan fingerprint density at radius 1 is 1.31 bits per heavy atom. The summed E-state index contributed by atoms with van der Waals surface area (Å²) >= 11 is 1.39. The van der Waals surface area contributed by atoms with Gasteiger partial charge in [-0.2, -0.15) is 9.36 Å². The van der Waals surface area contributed by atoms with E-state index in [2.05, 4.69) is 48.8 Å². The Bertz CT molecular complexity index is 912. The zero-order chi connectivity index (χ0) is 19.9. The molecule has 0 spiro atoms. The van der Waals surface area contributed by atoms with Crippen LogP contribution in [0.3, 0.4) is 0 Å². The molecule has 0 fully saturated rings. The highest BCUT2D eigenvalue weighted by molar-refractivity contribution is 7.09. The molecule has 2 aromatic heterocycles. The van der Waals surface area contributed by atoms with Gasteiger partial charge < -0.3 is 19.7 Å². The van der Waals surface area contributed by atoms with E-state index in [-0.39, 0.29) is 6.04 Å². The second-order valence-electron chi connectivity index (χ2n) is 6.84. The number of anilines is 1. The van der Waals surface area contributed by atoms with Crippen molar-refractivity contribution in [1.29, 1.82) is 0 Å². The van der Waals surface area contributed by atoms with E-state index >= 15 is 0 Å². The van der Waals surface area contributed by atoms with Gasteiger partial charge in [-0.3, -0.25) is 4.57 Å². The topological polar surface area (TPSA) is 77.3 Å². The number of ether oxygens (including phenoxy) is 2. The van der Waals surface area contributed by atoms with Crippen molar-refractivity contribution in [3.05, 3.63) is 66.6 Å². The number of nitrogens with zero attached hydrogens (tertiary/aromatic N) is 5. The van der Waals surface area contributed by atoms with Crippen LogP contribution < -0.4 is 10.2 Å². The third kappa shape index (κ3) is 5.33. The van der Waals surface area contributed by atoms with Crippen LogP contribution in [0.5, 0.6) is 0 Å². The summed E-state index contributed by atoms with van der Waals surface area (Å²) in [5, 5.41) is 4.53. The van der Waals surface area contributed by atoms with Crippen molar-refractivity contribution in [1.82, 2.24) is 24.2 Å². The fraction of sp³-hybridized carbons (Fsp3) is 0.350. The molecule has 3 aromatic rings. The second kappa shape index (κ2) is 9.53. The third-order valence-corrected chi connectivity index (χ3v) is 5.51. The first-order chi connectivity index (χ1) is 14.3. The first-order valence-corrected chi connectivity index (χ1v) is 10.3. The van der Waals surface area contributed by atoms with Crippen molar-refractivity contribution in [3.8, 4) is 5.95 Å². The number of aromatic nitrogens is 4. The number of imidazole rings is 1. The van der Waals surface area contributed by atoms with E-state index in [0.29, 0.717) is 12.7 Å². The van der Waals surface area contributed by atoms with Gasteiger partial charge in [0.1, 0.15) is 18.3 Å². The Kier molecular flexibility index (Phi) is 6.38. The van der Waals surface area contributed by atoms with Crippen LogP contribution in [-0.2, 0) is 16.0 Å². The van der Waals surface area contributed by atoms with E-state index in [9.17, 15) is 0 Å². The molecule has 152 valence electrons. The summed E-state index contributed by atoms with van der Waals surface area (Å²) in [6.07, 6.45) is 8.70. The molecule has 1 aromatic carbocycles. The Labute approximate surface area is 174 Å². The predicted octanol–water partition coefficient (Wildman–Crippen LogP) is 2.94. The lowest BCUT2D eigenvalue weighted by Crippen LogP contribution is -2.33. The van der Waals surface area contributed by atoms with Gasteiger partial charge in [0.2, 0.25) is 17.9 Å². The van der Waals surface area contributed by atoms with Crippen LogP contribution in [-0.4, -0.2) is 45.3 Å². The van der Waals surface area contributed by atoms with Gasteiger partial charge in [-0.05, 0) is 12.0 Å². The van der Waals surface area contributed by atoms with Crippen molar-refractivity contribution in [3.63, 3.8) is 0 Å². The van der Waals surface area contributed by atoms with E-state index in [1.807, 2.05) is 23.9 Å². The highest BCUT2D eigenvalue weighted by atomic mass is 32.1. The van der Waals surface area contributed by atoms with E-state index in [4.69, 9.17) is 9.47 Å². The lowest BCUT2D eigenvalue weighted by atomic mass is 10.1. The molecule has 0 aliphatic carbocycles. The molecule has 0 saturated heterocycles. The molecule has 1 unspecified atom stereocenters. The summed E-state index contributed by atoms with van der Waals surface area (Å²) in [6.45, 7) is 1.97. The molecule has 1 aliphatic heterocycles. The first-order valence-electron chi connectivity index (χ1n) is 9.52. The lowest BCUT2D eigenvalue weighted by Gasteiger charge is -2.22. The largest absolute Gasteiger partial charge is 0.462 e. The van der Waals surface area contributed by atoms with Gasteiger partial charge in [0.25, 0.3) is 0 Å². The smallest absolute Gasteiger partial charge is 0.248 e.